The number of hydrogen-bond donors (Lipinski definition) is 0. The second kappa shape index (κ2) is 35.3. The van der Waals surface area contributed by atoms with Crippen LogP contribution in [-0.2, 0) is 38.3 Å². The zero-order valence-electron chi connectivity index (χ0n) is 50.4. The van der Waals surface area contributed by atoms with Gasteiger partial charge in [-0.2, -0.15) is 0 Å². The molecular formula is C63H118N2O8. The third kappa shape index (κ3) is 22.0. The summed E-state index contributed by atoms with van der Waals surface area (Å²) in [6.07, 6.45) is 39.1. The van der Waals surface area contributed by atoms with E-state index in [0.717, 1.165) is 76.0 Å². The number of carbonyl (C=O) groups excluding carboxylic acids is 4. The molecular weight excluding hydrogens is 913 g/mol. The van der Waals surface area contributed by atoms with Crippen molar-refractivity contribution in [3.05, 3.63) is 0 Å². The maximum absolute atomic E-state index is 13.3. The molecule has 2 aliphatic heterocycles. The molecule has 2 heterocycles. The van der Waals surface area contributed by atoms with Gasteiger partial charge in [0.15, 0.2) is 0 Å². The second-order valence-electron chi connectivity index (χ2n) is 24.5. The number of carbonyl (C=O) groups is 4. The summed E-state index contributed by atoms with van der Waals surface area (Å²) in [5.41, 5.74) is -1.66. The Morgan fingerprint density at radius 1 is 0.425 bits per heavy atom. The lowest BCUT2D eigenvalue weighted by molar-refractivity contribution is -0.299. The van der Waals surface area contributed by atoms with Crippen molar-refractivity contribution in [1.82, 2.24) is 10.1 Å². The van der Waals surface area contributed by atoms with Crippen LogP contribution in [0.4, 0.5) is 0 Å². The van der Waals surface area contributed by atoms with Gasteiger partial charge < -0.3 is 19.1 Å². The summed E-state index contributed by atoms with van der Waals surface area (Å²) in [7, 11) is 0. The predicted octanol–water partition coefficient (Wildman–Crippen LogP) is 17.7. The molecule has 2 aliphatic rings. The van der Waals surface area contributed by atoms with Gasteiger partial charge in [-0.1, -0.05) is 216 Å². The monoisotopic (exact) mass is 1030 g/mol. The highest BCUT2D eigenvalue weighted by molar-refractivity contribution is 5.70. The molecule has 0 saturated carbocycles. The lowest BCUT2D eigenvalue weighted by Gasteiger charge is -2.57. The normalized spacial score (nSPS) is 27.6. The van der Waals surface area contributed by atoms with Crippen molar-refractivity contribution in [3.63, 3.8) is 0 Å². The first-order valence-corrected chi connectivity index (χ1v) is 31.1. The number of hydrogen-bond acceptors (Lipinski definition) is 10. The first-order valence-electron chi connectivity index (χ1n) is 31.1. The van der Waals surface area contributed by atoms with Crippen molar-refractivity contribution >= 4 is 23.9 Å². The van der Waals surface area contributed by atoms with Gasteiger partial charge >= 0.3 is 23.9 Å². The molecule has 10 unspecified atom stereocenters. The van der Waals surface area contributed by atoms with E-state index in [2.05, 4.69) is 83.1 Å². The van der Waals surface area contributed by atoms with E-state index in [4.69, 9.17) is 19.1 Å². The van der Waals surface area contributed by atoms with Gasteiger partial charge in [-0.05, 0) is 78.1 Å². The summed E-state index contributed by atoms with van der Waals surface area (Å²) in [6.45, 7) is 28.8. The van der Waals surface area contributed by atoms with Gasteiger partial charge in [0.1, 0.15) is 12.2 Å². The van der Waals surface area contributed by atoms with Crippen LogP contribution >= 0.6 is 0 Å². The van der Waals surface area contributed by atoms with Gasteiger partial charge in [0.05, 0.1) is 22.2 Å². The molecule has 0 radical (unpaired) electrons. The molecule has 0 aromatic heterocycles. The third-order valence-corrected chi connectivity index (χ3v) is 18.9. The molecule has 428 valence electrons. The lowest BCUT2D eigenvalue weighted by atomic mass is 9.69. The van der Waals surface area contributed by atoms with Crippen LogP contribution in [0.3, 0.4) is 0 Å². The highest BCUT2D eigenvalue weighted by atomic mass is 16.7. The quantitative estimate of drug-likeness (QED) is 0.0434. The van der Waals surface area contributed by atoms with E-state index in [1.165, 1.54) is 149 Å². The smallest absolute Gasteiger partial charge is 0.322 e. The van der Waals surface area contributed by atoms with E-state index >= 15 is 0 Å². The largest absolute Gasteiger partial charge is 0.462 e. The van der Waals surface area contributed by atoms with E-state index in [-0.39, 0.29) is 47.9 Å². The van der Waals surface area contributed by atoms with Crippen LogP contribution < -0.4 is 0 Å². The molecule has 0 amide bonds. The fraction of sp³-hybridized carbons (Fsp3) is 0.937. The van der Waals surface area contributed by atoms with E-state index in [0.29, 0.717) is 25.7 Å². The molecule has 0 aromatic rings. The average Bonchev–Trinajstić information content (AvgIpc) is 3.36. The number of rotatable bonds is 40. The van der Waals surface area contributed by atoms with Crippen molar-refractivity contribution in [2.45, 2.75) is 356 Å². The van der Waals surface area contributed by atoms with Crippen LogP contribution in [0.25, 0.3) is 0 Å². The molecule has 2 fully saturated rings. The minimum atomic E-state index is -0.427. The Kier molecular flexibility index (Phi) is 32.3. The zero-order chi connectivity index (χ0) is 54.5. The second-order valence-corrected chi connectivity index (χ2v) is 24.5. The first-order chi connectivity index (χ1) is 34.7. The number of nitrogens with zero attached hydrogens (tertiary/aromatic N) is 2. The molecule has 0 spiro atoms. The van der Waals surface area contributed by atoms with Gasteiger partial charge in [0.2, 0.25) is 0 Å². The van der Waals surface area contributed by atoms with Crippen molar-refractivity contribution in [3.8, 4) is 0 Å². The number of piperidine rings is 2. The van der Waals surface area contributed by atoms with E-state index in [9.17, 15) is 19.2 Å². The summed E-state index contributed by atoms with van der Waals surface area (Å²) in [6, 6.07) is 0. The Labute approximate surface area is 450 Å². The van der Waals surface area contributed by atoms with Crippen LogP contribution in [0.5, 0.6) is 0 Å². The molecule has 0 bridgehead atoms. The predicted molar refractivity (Wildman–Crippen MR) is 302 cm³/mol. The van der Waals surface area contributed by atoms with Crippen molar-refractivity contribution < 1.29 is 38.3 Å². The molecule has 2 saturated heterocycles. The summed E-state index contributed by atoms with van der Waals surface area (Å²) >= 11 is 0. The minimum absolute atomic E-state index is 0.0278. The summed E-state index contributed by atoms with van der Waals surface area (Å²) in [5.74, 6) is 0.839. The number of esters is 2. The Balaban J connectivity index is 1.96. The van der Waals surface area contributed by atoms with Gasteiger partial charge in [-0.15, -0.1) is 10.1 Å². The van der Waals surface area contributed by atoms with Crippen molar-refractivity contribution in [2.24, 2.45) is 23.7 Å². The van der Waals surface area contributed by atoms with Crippen LogP contribution in [0.1, 0.15) is 322 Å². The first kappa shape index (κ1) is 66.9. The van der Waals surface area contributed by atoms with Gasteiger partial charge in [-0.25, -0.2) is 0 Å². The van der Waals surface area contributed by atoms with Crippen molar-refractivity contribution in [1.29, 1.82) is 0 Å². The van der Waals surface area contributed by atoms with E-state index < -0.39 is 22.2 Å². The van der Waals surface area contributed by atoms with Crippen LogP contribution in [0.2, 0.25) is 0 Å². The Bertz CT molecular complexity index is 1540. The van der Waals surface area contributed by atoms with Crippen LogP contribution in [-0.4, -0.2) is 68.4 Å². The molecule has 73 heavy (non-hydrogen) atoms. The Morgan fingerprint density at radius 3 is 0.959 bits per heavy atom. The fourth-order valence-corrected chi connectivity index (χ4v) is 12.9. The summed E-state index contributed by atoms with van der Waals surface area (Å²) in [4.78, 5) is 62.6. The van der Waals surface area contributed by atoms with Crippen LogP contribution in [0, 0.1) is 23.7 Å². The number of ether oxygens (including phenoxy) is 2. The highest BCUT2D eigenvalue weighted by Gasteiger charge is 2.57. The topological polar surface area (TPSA) is 112 Å². The lowest BCUT2D eigenvalue weighted by Crippen LogP contribution is -2.68. The summed E-state index contributed by atoms with van der Waals surface area (Å²) in [5, 5.41) is 3.84. The van der Waals surface area contributed by atoms with Gasteiger partial charge in [-0.3, -0.25) is 19.2 Å². The summed E-state index contributed by atoms with van der Waals surface area (Å²) < 4.78 is 12.5. The molecule has 0 aromatic carbocycles. The molecule has 0 N–H and O–H groups in total. The maximum atomic E-state index is 13.3. The minimum Gasteiger partial charge on any atom is -0.462 e. The fourth-order valence-electron chi connectivity index (χ4n) is 12.9. The standard InChI is InChI=1S/C63H118N2O8/c1-15-21-23-25-27-31-37-43-55(45-39-33-29-35-41-47-59(69)71-57-49-61(12,18-4)65(73-53(10)67)63(14,20-6)51(57)8)54(42-36-30-26-24-22-16-2)44-38-32-28-34-40-46-58(68)70-56-48-60(11,17-3)64(72-52(9)66)62(13,19-5)50(56)7/h50-51,54-57H,15-49H2,1-14H3. The molecule has 0 aliphatic carbocycles. The highest BCUT2D eigenvalue weighted by Crippen LogP contribution is 2.48. The Hall–Kier alpha value is -2.20. The van der Waals surface area contributed by atoms with Gasteiger partial charge in [0.25, 0.3) is 0 Å². The maximum Gasteiger partial charge on any atom is 0.322 e. The Morgan fingerprint density at radius 2 is 0.699 bits per heavy atom. The number of unbranched alkanes of at least 4 members (excludes halogenated alkanes) is 19. The molecule has 10 atom stereocenters. The van der Waals surface area contributed by atoms with E-state index in [1.54, 1.807) is 0 Å². The molecule has 10 nitrogen and oxygen atoms in total. The molecule has 10 heteroatoms. The third-order valence-electron chi connectivity index (χ3n) is 18.9. The van der Waals surface area contributed by atoms with Crippen molar-refractivity contribution in [2.75, 3.05) is 0 Å². The zero-order valence-corrected chi connectivity index (χ0v) is 50.4. The molecule has 2 rings (SSSR count). The number of hydroxylamine groups is 4. The average molecular weight is 1030 g/mol. The van der Waals surface area contributed by atoms with Crippen LogP contribution in [0.15, 0.2) is 0 Å². The van der Waals surface area contributed by atoms with Gasteiger partial charge in [0, 0.05) is 51.4 Å². The SMILES string of the molecule is CCCCCCCCCC(CCCCCCCC(=O)OC1CC(C)(CC)N(OC(C)=O)C(C)(CC)C1C)C(CCCCCCCC)CCCCCCCC(=O)OC1CC(C)(CC)N(OC(C)=O)C(C)(CC)C1C. The van der Waals surface area contributed by atoms with E-state index in [1.807, 2.05) is 10.1 Å².